The van der Waals surface area contributed by atoms with Crippen LogP contribution in [0.3, 0.4) is 0 Å². The van der Waals surface area contributed by atoms with Crippen molar-refractivity contribution in [1.29, 1.82) is 0 Å². The fraction of sp³-hybridized carbons (Fsp3) is 0.556. The van der Waals surface area contributed by atoms with Crippen molar-refractivity contribution in [3.63, 3.8) is 0 Å². The molecule has 2 heterocycles. The monoisotopic (exact) mass is 272 g/mol. The first-order valence-corrected chi connectivity index (χ1v) is 6.18. The van der Waals surface area contributed by atoms with Crippen LogP contribution in [0.25, 0.3) is 0 Å². The maximum absolute atomic E-state index is 12.0. The minimum atomic E-state index is -0.959. The first-order valence-electron chi connectivity index (χ1n) is 5.30. The summed E-state index contributed by atoms with van der Waals surface area (Å²) in [5.74, 6) is -0.959. The van der Waals surface area contributed by atoms with Crippen molar-refractivity contribution in [2.24, 2.45) is 0 Å². The molecule has 2 amide bonds. The number of carbonyl (C=O) groups is 2. The molecule has 0 radical (unpaired) electrons. The highest BCUT2D eigenvalue weighted by molar-refractivity contribution is 7.13. The summed E-state index contributed by atoms with van der Waals surface area (Å²) in [4.78, 5) is 24.1. The van der Waals surface area contributed by atoms with Crippen LogP contribution in [0.2, 0.25) is 0 Å². The van der Waals surface area contributed by atoms with E-state index in [9.17, 15) is 9.59 Å². The van der Waals surface area contributed by atoms with Gasteiger partial charge in [-0.3, -0.25) is 10.1 Å². The third kappa shape index (κ3) is 3.14. The fourth-order valence-electron chi connectivity index (χ4n) is 1.68. The van der Waals surface area contributed by atoms with Gasteiger partial charge in [0.15, 0.2) is 0 Å². The molecule has 0 bridgehead atoms. The van der Waals surface area contributed by atoms with Crippen molar-refractivity contribution in [1.82, 2.24) is 15.1 Å². The van der Waals surface area contributed by atoms with Crippen LogP contribution in [0.5, 0.6) is 0 Å². The van der Waals surface area contributed by atoms with Gasteiger partial charge in [0, 0.05) is 6.54 Å². The van der Waals surface area contributed by atoms with Gasteiger partial charge in [-0.15, -0.1) is 10.2 Å². The van der Waals surface area contributed by atoms with E-state index >= 15 is 0 Å². The zero-order valence-electron chi connectivity index (χ0n) is 9.40. The molecule has 1 aromatic heterocycles. The molecule has 0 aliphatic carbocycles. The van der Waals surface area contributed by atoms with Gasteiger partial charge in [0.1, 0.15) is 5.51 Å². The van der Waals surface area contributed by atoms with Crippen LogP contribution in [0.1, 0.15) is 6.42 Å². The van der Waals surface area contributed by atoms with Gasteiger partial charge in [0.05, 0.1) is 25.7 Å². The largest absolute Gasteiger partial charge is 0.481 e. The number of anilines is 1. The molecule has 0 saturated carbocycles. The summed E-state index contributed by atoms with van der Waals surface area (Å²) in [7, 11) is 0. The average molecular weight is 272 g/mol. The molecule has 2 N–H and O–H groups in total. The van der Waals surface area contributed by atoms with Crippen LogP contribution >= 0.6 is 11.3 Å². The molecular formula is C9H12N4O4S. The van der Waals surface area contributed by atoms with Crippen molar-refractivity contribution in [2.75, 3.05) is 25.1 Å². The van der Waals surface area contributed by atoms with Gasteiger partial charge in [-0.05, 0) is 0 Å². The number of urea groups is 1. The van der Waals surface area contributed by atoms with Crippen molar-refractivity contribution < 1.29 is 19.4 Å². The van der Waals surface area contributed by atoms with Gasteiger partial charge in [-0.2, -0.15) is 0 Å². The number of aliphatic carboxylic acids is 1. The maximum atomic E-state index is 12.0. The Labute approximate surface area is 107 Å². The molecular weight excluding hydrogens is 260 g/mol. The molecule has 9 heteroatoms. The van der Waals surface area contributed by atoms with Crippen LogP contribution in [-0.4, -0.2) is 58.0 Å². The topological polar surface area (TPSA) is 105 Å². The SMILES string of the molecule is O=C(O)CC1COCCN1C(=O)Nc1nncs1. The average Bonchev–Trinajstić information content (AvgIpc) is 2.81. The molecule has 2 rings (SSSR count). The van der Waals surface area contributed by atoms with E-state index in [0.29, 0.717) is 18.3 Å². The second-order valence-corrected chi connectivity index (χ2v) is 4.53. The Kier molecular flexibility index (Phi) is 4.05. The normalized spacial score (nSPS) is 19.6. The number of nitrogens with zero attached hydrogens (tertiary/aromatic N) is 3. The third-order valence-electron chi connectivity index (χ3n) is 2.47. The Morgan fingerprint density at radius 3 is 3.17 bits per heavy atom. The predicted octanol–water partition coefficient (Wildman–Crippen LogP) is 0.245. The van der Waals surface area contributed by atoms with Gasteiger partial charge < -0.3 is 14.7 Å². The molecule has 0 spiro atoms. The Bertz CT molecular complexity index is 424. The molecule has 8 nitrogen and oxygen atoms in total. The molecule has 0 aromatic carbocycles. The number of carboxylic acids is 1. The van der Waals surface area contributed by atoms with Crippen LogP contribution in [0, 0.1) is 0 Å². The lowest BCUT2D eigenvalue weighted by molar-refractivity contribution is -0.139. The number of nitrogens with one attached hydrogen (secondary N) is 1. The van der Waals surface area contributed by atoms with E-state index in [-0.39, 0.29) is 19.1 Å². The molecule has 1 unspecified atom stereocenters. The van der Waals surface area contributed by atoms with E-state index in [1.165, 1.54) is 21.7 Å². The Hall–Kier alpha value is -1.74. The lowest BCUT2D eigenvalue weighted by Gasteiger charge is -2.34. The number of ether oxygens (including phenoxy) is 1. The van der Waals surface area contributed by atoms with Crippen molar-refractivity contribution in [2.45, 2.75) is 12.5 Å². The number of aromatic nitrogens is 2. The lowest BCUT2D eigenvalue weighted by atomic mass is 10.1. The maximum Gasteiger partial charge on any atom is 0.324 e. The summed E-state index contributed by atoms with van der Waals surface area (Å²) < 4.78 is 5.19. The van der Waals surface area contributed by atoms with E-state index in [4.69, 9.17) is 9.84 Å². The summed E-state index contributed by atoms with van der Waals surface area (Å²) in [6, 6.07) is -0.828. The second-order valence-electron chi connectivity index (χ2n) is 3.69. The third-order valence-corrected chi connectivity index (χ3v) is 3.08. The van der Waals surface area contributed by atoms with Gasteiger partial charge in [-0.25, -0.2) is 4.79 Å². The number of morpholine rings is 1. The minimum absolute atomic E-state index is 0.135. The van der Waals surface area contributed by atoms with E-state index in [1.54, 1.807) is 0 Å². The number of hydrogen-bond acceptors (Lipinski definition) is 6. The standard InChI is InChI=1S/C9H12N4O4S/c14-7(15)3-6-4-17-2-1-13(6)9(16)11-8-12-10-5-18-8/h5-6H,1-4H2,(H,14,15)(H,11,12,16). The van der Waals surface area contributed by atoms with Crippen LogP contribution in [0.15, 0.2) is 5.51 Å². The van der Waals surface area contributed by atoms with E-state index in [1.807, 2.05) is 0 Å². The summed E-state index contributed by atoms with van der Waals surface area (Å²) in [6.45, 7) is 0.998. The molecule has 1 aliphatic rings. The highest BCUT2D eigenvalue weighted by atomic mass is 32.1. The lowest BCUT2D eigenvalue weighted by Crippen LogP contribution is -2.51. The van der Waals surface area contributed by atoms with E-state index in [0.717, 1.165) is 0 Å². The van der Waals surface area contributed by atoms with Crippen molar-refractivity contribution >= 4 is 28.5 Å². The molecule has 18 heavy (non-hydrogen) atoms. The van der Waals surface area contributed by atoms with Crippen LogP contribution in [0.4, 0.5) is 9.93 Å². The number of hydrogen-bond donors (Lipinski definition) is 2. The molecule has 1 saturated heterocycles. The van der Waals surface area contributed by atoms with Gasteiger partial charge in [-0.1, -0.05) is 11.3 Å². The molecule has 1 aromatic rings. The van der Waals surface area contributed by atoms with Crippen LogP contribution in [-0.2, 0) is 9.53 Å². The van der Waals surface area contributed by atoms with Crippen molar-refractivity contribution in [3.05, 3.63) is 5.51 Å². The molecule has 98 valence electrons. The van der Waals surface area contributed by atoms with Gasteiger partial charge >= 0.3 is 12.0 Å². The van der Waals surface area contributed by atoms with E-state index < -0.39 is 12.0 Å². The number of carboxylic acid groups (broad SMARTS) is 1. The zero-order valence-corrected chi connectivity index (χ0v) is 10.2. The Morgan fingerprint density at radius 1 is 1.67 bits per heavy atom. The number of rotatable bonds is 3. The van der Waals surface area contributed by atoms with Gasteiger partial charge in [0.25, 0.3) is 0 Å². The summed E-state index contributed by atoms with van der Waals surface area (Å²) in [5, 5.41) is 19.1. The van der Waals surface area contributed by atoms with Gasteiger partial charge in [0.2, 0.25) is 5.13 Å². The first-order chi connectivity index (χ1) is 8.66. The summed E-state index contributed by atoms with van der Waals surface area (Å²) >= 11 is 1.20. The molecule has 1 fully saturated rings. The molecule has 1 atom stereocenters. The smallest absolute Gasteiger partial charge is 0.324 e. The fourth-order valence-corrected chi connectivity index (χ4v) is 2.12. The van der Waals surface area contributed by atoms with Crippen LogP contribution < -0.4 is 5.32 Å². The first kappa shape index (κ1) is 12.7. The Morgan fingerprint density at radius 2 is 2.50 bits per heavy atom. The highest BCUT2D eigenvalue weighted by Crippen LogP contribution is 2.14. The second kappa shape index (κ2) is 5.74. The van der Waals surface area contributed by atoms with E-state index in [2.05, 4.69) is 15.5 Å². The predicted molar refractivity (Wildman–Crippen MR) is 62.5 cm³/mol. The highest BCUT2D eigenvalue weighted by Gasteiger charge is 2.29. The quantitative estimate of drug-likeness (QED) is 0.817. The summed E-state index contributed by atoms with van der Waals surface area (Å²) in [6.07, 6.45) is -0.135. The number of amides is 2. The number of carbonyl (C=O) groups excluding carboxylic acids is 1. The Balaban J connectivity index is 1.99. The zero-order chi connectivity index (χ0) is 13.0. The minimum Gasteiger partial charge on any atom is -0.481 e. The molecule has 1 aliphatic heterocycles. The summed E-state index contributed by atoms with van der Waals surface area (Å²) in [5.41, 5.74) is 1.50. The van der Waals surface area contributed by atoms with Crippen molar-refractivity contribution in [3.8, 4) is 0 Å².